The van der Waals surface area contributed by atoms with Crippen molar-refractivity contribution in [1.29, 1.82) is 0 Å². The van der Waals surface area contributed by atoms with E-state index in [2.05, 4.69) is 51.3 Å². The lowest BCUT2D eigenvalue weighted by Crippen LogP contribution is -2.42. The molecule has 142 valence electrons. The Labute approximate surface area is 160 Å². The van der Waals surface area contributed by atoms with Crippen LogP contribution in [0, 0.1) is 0 Å². The molecule has 1 aliphatic heterocycles. The first-order valence-electron chi connectivity index (χ1n) is 9.74. The topological polar surface area (TPSA) is 61.4 Å². The van der Waals surface area contributed by atoms with Crippen molar-refractivity contribution >= 4 is 17.4 Å². The van der Waals surface area contributed by atoms with Crippen molar-refractivity contribution in [3.63, 3.8) is 0 Å². The van der Waals surface area contributed by atoms with E-state index in [4.69, 9.17) is 0 Å². The molecule has 2 aromatic rings. The summed E-state index contributed by atoms with van der Waals surface area (Å²) in [6, 6.07) is 8.61. The van der Waals surface area contributed by atoms with Gasteiger partial charge < -0.3 is 15.1 Å². The average Bonchev–Trinajstić information content (AvgIpc) is 3.13. The summed E-state index contributed by atoms with van der Waals surface area (Å²) in [7, 11) is 4.30. The second-order valence-corrected chi connectivity index (χ2v) is 7.71. The largest absolute Gasteiger partial charge is 0.370 e. The van der Waals surface area contributed by atoms with Crippen LogP contribution in [0.3, 0.4) is 0 Å². The molecule has 0 aromatic carbocycles. The number of fused-ring (bicyclic) bond motifs is 1. The number of piperidine rings is 1. The van der Waals surface area contributed by atoms with Gasteiger partial charge in [0.1, 0.15) is 5.82 Å². The SMILES string of the molecule is CN(C)C1CCN(c2ccc(NC(=O)C3CCc4cccnc43)nc2)CC1. The molecule has 0 radical (unpaired) electrons. The third kappa shape index (κ3) is 3.81. The second kappa shape index (κ2) is 7.64. The highest BCUT2D eigenvalue weighted by Gasteiger charge is 2.30. The van der Waals surface area contributed by atoms with E-state index < -0.39 is 0 Å². The van der Waals surface area contributed by atoms with Crippen LogP contribution in [0.1, 0.15) is 36.4 Å². The summed E-state index contributed by atoms with van der Waals surface area (Å²) in [6.07, 6.45) is 7.69. The molecule has 1 fully saturated rings. The Morgan fingerprint density at radius 1 is 1.15 bits per heavy atom. The van der Waals surface area contributed by atoms with Gasteiger partial charge in [0, 0.05) is 25.3 Å². The van der Waals surface area contributed by atoms with Crippen molar-refractivity contribution < 1.29 is 4.79 Å². The number of aryl methyl sites for hydroxylation is 1. The number of anilines is 2. The minimum atomic E-state index is -0.173. The lowest BCUT2D eigenvalue weighted by Gasteiger charge is -2.36. The molecule has 0 bridgehead atoms. The van der Waals surface area contributed by atoms with Gasteiger partial charge in [0.05, 0.1) is 23.5 Å². The summed E-state index contributed by atoms with van der Waals surface area (Å²) in [5.41, 5.74) is 3.22. The van der Waals surface area contributed by atoms with E-state index in [0.29, 0.717) is 11.9 Å². The molecule has 2 aromatic heterocycles. The molecule has 1 N–H and O–H groups in total. The predicted molar refractivity (Wildman–Crippen MR) is 107 cm³/mol. The van der Waals surface area contributed by atoms with Crippen LogP contribution in [0.25, 0.3) is 0 Å². The van der Waals surface area contributed by atoms with Crippen molar-refractivity contribution in [2.75, 3.05) is 37.4 Å². The number of hydrogen-bond donors (Lipinski definition) is 1. The standard InChI is InChI=1S/C21H27N5O/c1-25(2)16-9-12-26(13-10-16)17-6-8-19(23-14-17)24-21(27)18-7-5-15-4-3-11-22-20(15)18/h3-4,6,8,11,14,16,18H,5,7,9-10,12-13H2,1-2H3,(H,23,24,27). The molecule has 3 heterocycles. The first kappa shape index (κ1) is 17.9. The Hall–Kier alpha value is -2.47. The summed E-state index contributed by atoms with van der Waals surface area (Å²) in [5, 5.41) is 2.96. The Bertz CT molecular complexity index is 796. The molecule has 6 heteroatoms. The summed E-state index contributed by atoms with van der Waals surface area (Å²) in [6.45, 7) is 2.08. The molecule has 1 unspecified atom stereocenters. The summed E-state index contributed by atoms with van der Waals surface area (Å²) < 4.78 is 0. The van der Waals surface area contributed by atoms with Crippen LogP contribution in [0.5, 0.6) is 0 Å². The quantitative estimate of drug-likeness (QED) is 0.903. The van der Waals surface area contributed by atoms with E-state index in [1.807, 2.05) is 18.3 Å². The fourth-order valence-corrected chi connectivity index (χ4v) is 4.17. The normalized spacial score (nSPS) is 20.0. The monoisotopic (exact) mass is 365 g/mol. The molecule has 2 aliphatic rings. The number of nitrogens with one attached hydrogen (secondary N) is 1. The Balaban J connectivity index is 1.37. The number of amides is 1. The van der Waals surface area contributed by atoms with Crippen LogP contribution >= 0.6 is 0 Å². The summed E-state index contributed by atoms with van der Waals surface area (Å²) in [5.74, 6) is 0.420. The maximum atomic E-state index is 12.7. The highest BCUT2D eigenvalue weighted by atomic mass is 16.2. The van der Waals surface area contributed by atoms with Crippen molar-refractivity contribution in [2.45, 2.75) is 37.6 Å². The van der Waals surface area contributed by atoms with Crippen LogP contribution in [0.2, 0.25) is 0 Å². The number of hydrogen-bond acceptors (Lipinski definition) is 5. The van der Waals surface area contributed by atoms with Crippen LogP contribution < -0.4 is 10.2 Å². The van der Waals surface area contributed by atoms with Gasteiger partial charge in [0.2, 0.25) is 5.91 Å². The molecule has 1 atom stereocenters. The van der Waals surface area contributed by atoms with Crippen molar-refractivity contribution in [1.82, 2.24) is 14.9 Å². The molecule has 27 heavy (non-hydrogen) atoms. The highest BCUT2D eigenvalue weighted by Crippen LogP contribution is 2.32. The minimum Gasteiger partial charge on any atom is -0.370 e. The third-order valence-electron chi connectivity index (χ3n) is 5.83. The second-order valence-electron chi connectivity index (χ2n) is 7.71. The Morgan fingerprint density at radius 3 is 2.67 bits per heavy atom. The van der Waals surface area contributed by atoms with Gasteiger partial charge in [-0.15, -0.1) is 0 Å². The van der Waals surface area contributed by atoms with E-state index in [1.165, 1.54) is 18.4 Å². The van der Waals surface area contributed by atoms with Crippen LogP contribution in [0.4, 0.5) is 11.5 Å². The molecule has 1 saturated heterocycles. The molecule has 1 amide bonds. The molecule has 0 spiro atoms. The highest BCUT2D eigenvalue weighted by molar-refractivity contribution is 5.95. The van der Waals surface area contributed by atoms with Crippen molar-refractivity contribution in [2.24, 2.45) is 0 Å². The third-order valence-corrected chi connectivity index (χ3v) is 5.83. The van der Waals surface area contributed by atoms with E-state index in [0.717, 1.165) is 37.3 Å². The van der Waals surface area contributed by atoms with Gasteiger partial charge in [0.25, 0.3) is 0 Å². The van der Waals surface area contributed by atoms with E-state index in [-0.39, 0.29) is 11.8 Å². The summed E-state index contributed by atoms with van der Waals surface area (Å²) in [4.78, 5) is 26.2. The van der Waals surface area contributed by atoms with Gasteiger partial charge in [-0.05, 0) is 63.5 Å². The maximum Gasteiger partial charge on any atom is 0.234 e. The lowest BCUT2D eigenvalue weighted by molar-refractivity contribution is -0.117. The van der Waals surface area contributed by atoms with E-state index in [9.17, 15) is 4.79 Å². The zero-order chi connectivity index (χ0) is 18.8. The molecular formula is C21H27N5O. The van der Waals surface area contributed by atoms with Gasteiger partial charge in [-0.3, -0.25) is 9.78 Å². The Morgan fingerprint density at radius 2 is 1.96 bits per heavy atom. The number of carbonyl (C=O) groups is 1. The molecular weight excluding hydrogens is 338 g/mol. The number of nitrogens with zero attached hydrogens (tertiary/aromatic N) is 4. The van der Waals surface area contributed by atoms with Gasteiger partial charge >= 0.3 is 0 Å². The zero-order valence-corrected chi connectivity index (χ0v) is 16.1. The minimum absolute atomic E-state index is 0.0144. The average molecular weight is 365 g/mol. The number of pyridine rings is 2. The van der Waals surface area contributed by atoms with Gasteiger partial charge in [0.15, 0.2) is 0 Å². The summed E-state index contributed by atoms with van der Waals surface area (Å²) >= 11 is 0. The predicted octanol–water partition coefficient (Wildman–Crippen LogP) is 2.68. The van der Waals surface area contributed by atoms with Gasteiger partial charge in [-0.1, -0.05) is 6.07 Å². The smallest absolute Gasteiger partial charge is 0.234 e. The number of aromatic nitrogens is 2. The molecule has 6 nitrogen and oxygen atoms in total. The fourth-order valence-electron chi connectivity index (χ4n) is 4.17. The van der Waals surface area contributed by atoms with E-state index in [1.54, 1.807) is 6.20 Å². The first-order chi connectivity index (χ1) is 13.1. The van der Waals surface area contributed by atoms with Crippen LogP contribution in [-0.4, -0.2) is 54.0 Å². The lowest BCUT2D eigenvalue weighted by atomic mass is 10.0. The Kier molecular flexibility index (Phi) is 5.07. The maximum absolute atomic E-state index is 12.7. The zero-order valence-electron chi connectivity index (χ0n) is 16.1. The van der Waals surface area contributed by atoms with Crippen LogP contribution in [-0.2, 0) is 11.2 Å². The van der Waals surface area contributed by atoms with E-state index >= 15 is 0 Å². The molecule has 0 saturated carbocycles. The number of carbonyl (C=O) groups excluding carboxylic acids is 1. The van der Waals surface area contributed by atoms with Crippen molar-refractivity contribution in [3.8, 4) is 0 Å². The number of rotatable bonds is 4. The van der Waals surface area contributed by atoms with Gasteiger partial charge in [-0.2, -0.15) is 0 Å². The fraction of sp³-hybridized carbons (Fsp3) is 0.476. The van der Waals surface area contributed by atoms with Crippen molar-refractivity contribution in [3.05, 3.63) is 47.9 Å². The molecule has 1 aliphatic carbocycles. The molecule has 4 rings (SSSR count). The first-order valence-corrected chi connectivity index (χ1v) is 9.74. The van der Waals surface area contributed by atoms with Crippen LogP contribution in [0.15, 0.2) is 36.7 Å². The van der Waals surface area contributed by atoms with Gasteiger partial charge in [-0.25, -0.2) is 4.98 Å².